The molecule has 2 rings (SSSR count). The minimum atomic E-state index is -4.23. The van der Waals surface area contributed by atoms with Crippen LogP contribution >= 0.6 is 0 Å². The number of nitrogens with one attached hydrogen (secondary N) is 1. The predicted molar refractivity (Wildman–Crippen MR) is 68.0 cm³/mol. The third-order valence-electron chi connectivity index (χ3n) is 2.90. The van der Waals surface area contributed by atoms with Crippen LogP contribution in [-0.4, -0.2) is 29.3 Å². The molecule has 19 heavy (non-hydrogen) atoms. The van der Waals surface area contributed by atoms with Gasteiger partial charge in [0.25, 0.3) is 0 Å². The average Bonchev–Trinajstić information content (AvgIpc) is 2.66. The van der Waals surface area contributed by atoms with Crippen LogP contribution < -0.4 is 5.32 Å². The fourth-order valence-corrected chi connectivity index (χ4v) is 2.10. The standard InChI is InChI=1S/C13H16F3N3/c1-17-8-4-7-12-18-10-5-2-3-6-11(10)19(12)9-13(14,15)16/h2-3,5-6,17H,4,7-9H2,1H3. The third kappa shape index (κ3) is 3.47. The molecule has 0 aliphatic rings. The van der Waals surface area contributed by atoms with Gasteiger partial charge in [0.05, 0.1) is 11.0 Å². The largest absolute Gasteiger partial charge is 0.406 e. The molecule has 1 aromatic heterocycles. The lowest BCUT2D eigenvalue weighted by atomic mass is 10.3. The number of nitrogens with zero attached hydrogens (tertiary/aromatic N) is 2. The maximum absolute atomic E-state index is 12.7. The van der Waals surface area contributed by atoms with Crippen molar-refractivity contribution >= 4 is 11.0 Å². The molecular formula is C13H16F3N3. The topological polar surface area (TPSA) is 29.9 Å². The van der Waals surface area contributed by atoms with E-state index in [2.05, 4.69) is 10.3 Å². The van der Waals surface area contributed by atoms with E-state index < -0.39 is 12.7 Å². The number of aromatic nitrogens is 2. The molecule has 1 N–H and O–H groups in total. The highest BCUT2D eigenvalue weighted by atomic mass is 19.4. The first kappa shape index (κ1) is 13.9. The Balaban J connectivity index is 2.34. The molecule has 0 amide bonds. The van der Waals surface area contributed by atoms with Gasteiger partial charge in [-0.2, -0.15) is 13.2 Å². The number of hydrogen-bond acceptors (Lipinski definition) is 2. The summed E-state index contributed by atoms with van der Waals surface area (Å²) < 4.78 is 39.2. The van der Waals surface area contributed by atoms with Crippen LogP contribution in [0.1, 0.15) is 12.2 Å². The Labute approximate surface area is 109 Å². The van der Waals surface area contributed by atoms with Gasteiger partial charge in [0.2, 0.25) is 0 Å². The average molecular weight is 271 g/mol. The van der Waals surface area contributed by atoms with Crippen molar-refractivity contribution in [1.29, 1.82) is 0 Å². The van der Waals surface area contributed by atoms with E-state index in [1.165, 1.54) is 4.57 Å². The molecule has 6 heteroatoms. The Morgan fingerprint density at radius 1 is 1.26 bits per heavy atom. The summed E-state index contributed by atoms with van der Waals surface area (Å²) in [6.07, 6.45) is -2.94. The van der Waals surface area contributed by atoms with Crippen molar-refractivity contribution < 1.29 is 13.2 Å². The maximum atomic E-state index is 12.7. The smallest absolute Gasteiger partial charge is 0.320 e. The second kappa shape index (κ2) is 5.61. The van der Waals surface area contributed by atoms with Crippen LogP contribution in [0.3, 0.4) is 0 Å². The van der Waals surface area contributed by atoms with E-state index in [9.17, 15) is 13.2 Å². The van der Waals surface area contributed by atoms with Gasteiger partial charge in [0, 0.05) is 6.42 Å². The molecule has 0 atom stereocenters. The predicted octanol–water partition coefficient (Wildman–Crippen LogP) is 2.75. The minimum absolute atomic E-state index is 0.494. The van der Waals surface area contributed by atoms with Crippen LogP contribution in [0.25, 0.3) is 11.0 Å². The lowest BCUT2D eigenvalue weighted by molar-refractivity contribution is -0.140. The number of aryl methyl sites for hydroxylation is 1. The quantitative estimate of drug-likeness (QED) is 0.847. The van der Waals surface area contributed by atoms with Crippen LogP contribution in [0.4, 0.5) is 13.2 Å². The molecule has 0 radical (unpaired) electrons. The number of fused-ring (bicyclic) bond motifs is 1. The molecule has 0 aliphatic carbocycles. The van der Waals surface area contributed by atoms with Gasteiger partial charge in [-0.25, -0.2) is 4.98 Å². The van der Waals surface area contributed by atoms with Crippen LogP contribution in [-0.2, 0) is 13.0 Å². The highest BCUT2D eigenvalue weighted by Gasteiger charge is 2.30. The first-order valence-electron chi connectivity index (χ1n) is 6.17. The molecule has 0 aliphatic heterocycles. The number of hydrogen-bond donors (Lipinski definition) is 1. The van der Waals surface area contributed by atoms with Crippen LogP contribution in [0.15, 0.2) is 24.3 Å². The molecule has 104 valence electrons. The minimum Gasteiger partial charge on any atom is -0.320 e. The molecule has 0 spiro atoms. The second-order valence-electron chi connectivity index (χ2n) is 4.43. The summed E-state index contributed by atoms with van der Waals surface area (Å²) in [6, 6.07) is 6.93. The Morgan fingerprint density at radius 2 is 2.00 bits per heavy atom. The van der Waals surface area contributed by atoms with Crippen molar-refractivity contribution in [3.05, 3.63) is 30.1 Å². The second-order valence-corrected chi connectivity index (χ2v) is 4.43. The Hall–Kier alpha value is -1.56. The van der Waals surface area contributed by atoms with Crippen LogP contribution in [0, 0.1) is 0 Å². The number of halogens is 3. The zero-order valence-corrected chi connectivity index (χ0v) is 10.7. The van der Waals surface area contributed by atoms with E-state index in [0.29, 0.717) is 23.3 Å². The number of rotatable bonds is 5. The number of benzene rings is 1. The molecule has 0 bridgehead atoms. The molecule has 1 aromatic carbocycles. The lowest BCUT2D eigenvalue weighted by Gasteiger charge is -2.11. The van der Waals surface area contributed by atoms with Crippen molar-refractivity contribution in [2.24, 2.45) is 0 Å². The molecule has 3 nitrogen and oxygen atoms in total. The SMILES string of the molecule is CNCCCc1nc2ccccc2n1CC(F)(F)F. The number of imidazole rings is 1. The summed E-state index contributed by atoms with van der Waals surface area (Å²) in [5.41, 5.74) is 1.16. The van der Waals surface area contributed by atoms with Gasteiger partial charge in [-0.05, 0) is 32.1 Å². The summed E-state index contributed by atoms with van der Waals surface area (Å²) >= 11 is 0. The summed E-state index contributed by atoms with van der Waals surface area (Å²) in [6.45, 7) is -0.225. The zero-order chi connectivity index (χ0) is 13.9. The zero-order valence-electron chi connectivity index (χ0n) is 10.7. The van der Waals surface area contributed by atoms with E-state index >= 15 is 0 Å². The maximum Gasteiger partial charge on any atom is 0.406 e. The van der Waals surface area contributed by atoms with Crippen LogP contribution in [0.2, 0.25) is 0 Å². The van der Waals surface area contributed by atoms with Crippen molar-refractivity contribution in [1.82, 2.24) is 14.9 Å². The fourth-order valence-electron chi connectivity index (χ4n) is 2.10. The number of alkyl halides is 3. The third-order valence-corrected chi connectivity index (χ3v) is 2.90. The van der Waals surface area contributed by atoms with Gasteiger partial charge in [-0.15, -0.1) is 0 Å². The van der Waals surface area contributed by atoms with E-state index in [-0.39, 0.29) is 0 Å². The summed E-state index contributed by atoms with van der Waals surface area (Å²) in [4.78, 5) is 4.30. The molecule has 1 heterocycles. The molecule has 2 aromatic rings. The molecule has 0 saturated carbocycles. The van der Waals surface area contributed by atoms with E-state index in [0.717, 1.165) is 13.0 Å². The first-order chi connectivity index (χ1) is 9.01. The Bertz CT molecular complexity index is 546. The van der Waals surface area contributed by atoms with Gasteiger partial charge in [0.1, 0.15) is 12.4 Å². The Kier molecular flexibility index (Phi) is 4.09. The Morgan fingerprint density at radius 3 is 2.68 bits per heavy atom. The van der Waals surface area contributed by atoms with Gasteiger partial charge in [-0.1, -0.05) is 12.1 Å². The van der Waals surface area contributed by atoms with Gasteiger partial charge < -0.3 is 9.88 Å². The van der Waals surface area contributed by atoms with Crippen molar-refractivity contribution in [2.75, 3.05) is 13.6 Å². The monoisotopic (exact) mass is 271 g/mol. The van der Waals surface area contributed by atoms with E-state index in [1.807, 2.05) is 7.05 Å². The number of para-hydroxylation sites is 2. The van der Waals surface area contributed by atoms with Crippen molar-refractivity contribution in [3.8, 4) is 0 Å². The molecule has 0 saturated heterocycles. The normalized spacial score (nSPS) is 12.2. The fraction of sp³-hybridized carbons (Fsp3) is 0.462. The lowest BCUT2D eigenvalue weighted by Crippen LogP contribution is -2.20. The van der Waals surface area contributed by atoms with E-state index in [1.54, 1.807) is 24.3 Å². The van der Waals surface area contributed by atoms with Gasteiger partial charge in [-0.3, -0.25) is 0 Å². The molecular weight excluding hydrogens is 255 g/mol. The van der Waals surface area contributed by atoms with Crippen molar-refractivity contribution in [2.45, 2.75) is 25.6 Å². The van der Waals surface area contributed by atoms with Gasteiger partial charge in [0.15, 0.2) is 0 Å². The van der Waals surface area contributed by atoms with Gasteiger partial charge >= 0.3 is 6.18 Å². The highest BCUT2D eigenvalue weighted by molar-refractivity contribution is 5.75. The van der Waals surface area contributed by atoms with Crippen molar-refractivity contribution in [3.63, 3.8) is 0 Å². The van der Waals surface area contributed by atoms with E-state index in [4.69, 9.17) is 0 Å². The summed E-state index contributed by atoms with van der Waals surface area (Å²) in [5.74, 6) is 0.494. The molecule has 0 fully saturated rings. The summed E-state index contributed by atoms with van der Waals surface area (Å²) in [5, 5.41) is 2.98. The highest BCUT2D eigenvalue weighted by Crippen LogP contribution is 2.24. The first-order valence-corrected chi connectivity index (χ1v) is 6.17. The van der Waals surface area contributed by atoms with Crippen LogP contribution in [0.5, 0.6) is 0 Å². The molecule has 0 unspecified atom stereocenters. The summed E-state index contributed by atoms with van der Waals surface area (Å²) in [7, 11) is 1.82.